The van der Waals surface area contributed by atoms with Crippen molar-refractivity contribution in [1.29, 1.82) is 0 Å². The molecule has 2 rings (SSSR count). The summed E-state index contributed by atoms with van der Waals surface area (Å²) >= 11 is 5.86. The first kappa shape index (κ1) is 14.9. The Morgan fingerprint density at radius 1 is 1.10 bits per heavy atom. The minimum absolute atomic E-state index is 0.273. The highest BCUT2D eigenvalue weighted by Gasteiger charge is 2.13. The number of amides is 1. The number of nitrogens with one attached hydrogen (secondary N) is 1. The van der Waals surface area contributed by atoms with Crippen LogP contribution in [-0.4, -0.2) is 22.1 Å². The molecular weight excluding hydrogens is 294 g/mol. The van der Waals surface area contributed by atoms with Gasteiger partial charge in [0.1, 0.15) is 11.3 Å². The molecule has 0 heterocycles. The normalized spacial score (nSPS) is 10.2. The van der Waals surface area contributed by atoms with Crippen LogP contribution in [0.3, 0.4) is 0 Å². The van der Waals surface area contributed by atoms with E-state index in [1.54, 1.807) is 19.1 Å². The molecule has 2 aromatic carbocycles. The van der Waals surface area contributed by atoms with Gasteiger partial charge in [-0.1, -0.05) is 17.7 Å². The number of anilines is 1. The van der Waals surface area contributed by atoms with Gasteiger partial charge < -0.3 is 15.5 Å². The van der Waals surface area contributed by atoms with Gasteiger partial charge in [0.25, 0.3) is 5.91 Å². The van der Waals surface area contributed by atoms with E-state index in [0.717, 1.165) is 5.56 Å². The number of aromatic hydroxyl groups is 1. The Morgan fingerprint density at radius 3 is 2.48 bits per heavy atom. The van der Waals surface area contributed by atoms with Gasteiger partial charge in [-0.3, -0.25) is 4.79 Å². The second kappa shape index (κ2) is 5.85. The Bertz CT molecular complexity index is 728. The molecule has 6 heteroatoms. The number of rotatable bonds is 3. The Labute approximate surface area is 125 Å². The van der Waals surface area contributed by atoms with E-state index in [4.69, 9.17) is 16.7 Å². The summed E-state index contributed by atoms with van der Waals surface area (Å²) in [5.41, 5.74) is 1.13. The summed E-state index contributed by atoms with van der Waals surface area (Å²) < 4.78 is 0. The number of carboxylic acids is 1. The fourth-order valence-electron chi connectivity index (χ4n) is 1.82. The zero-order valence-electron chi connectivity index (χ0n) is 11.1. The van der Waals surface area contributed by atoms with E-state index in [0.29, 0.717) is 10.6 Å². The molecule has 0 fully saturated rings. The molecule has 108 valence electrons. The fourth-order valence-corrected chi connectivity index (χ4v) is 1.99. The first-order valence-corrected chi connectivity index (χ1v) is 6.40. The lowest BCUT2D eigenvalue weighted by atomic mass is 10.1. The van der Waals surface area contributed by atoms with Crippen molar-refractivity contribution in [2.75, 3.05) is 5.32 Å². The number of benzene rings is 2. The summed E-state index contributed by atoms with van der Waals surface area (Å²) in [6.07, 6.45) is 0. The number of phenols is 1. The lowest BCUT2D eigenvalue weighted by molar-refractivity contribution is 0.0693. The lowest BCUT2D eigenvalue weighted by Crippen LogP contribution is -2.13. The van der Waals surface area contributed by atoms with Crippen LogP contribution in [0.15, 0.2) is 36.4 Å². The third-order valence-electron chi connectivity index (χ3n) is 2.93. The molecule has 0 bridgehead atoms. The predicted molar refractivity (Wildman–Crippen MR) is 79.2 cm³/mol. The first-order valence-electron chi connectivity index (χ1n) is 6.02. The quantitative estimate of drug-likeness (QED) is 0.759. The van der Waals surface area contributed by atoms with Gasteiger partial charge in [0.2, 0.25) is 0 Å². The van der Waals surface area contributed by atoms with E-state index in [1.807, 2.05) is 0 Å². The van der Waals surface area contributed by atoms with Crippen molar-refractivity contribution in [3.05, 3.63) is 58.1 Å². The monoisotopic (exact) mass is 305 g/mol. The standard InChI is InChI=1S/C15H12ClNO4/c1-8-2-3-9(16)6-11(8)14(19)17-10-4-5-13(18)12(7-10)15(20)21/h2-7,18H,1H3,(H,17,19)(H,20,21). The van der Waals surface area contributed by atoms with E-state index in [9.17, 15) is 14.7 Å². The second-order valence-electron chi connectivity index (χ2n) is 4.45. The van der Waals surface area contributed by atoms with Gasteiger partial charge in [-0.15, -0.1) is 0 Å². The van der Waals surface area contributed by atoms with Crippen LogP contribution in [0.5, 0.6) is 5.75 Å². The molecule has 0 aliphatic heterocycles. The number of aromatic carboxylic acids is 1. The zero-order valence-corrected chi connectivity index (χ0v) is 11.8. The zero-order chi connectivity index (χ0) is 15.6. The summed E-state index contributed by atoms with van der Waals surface area (Å²) in [7, 11) is 0. The minimum Gasteiger partial charge on any atom is -0.507 e. The van der Waals surface area contributed by atoms with E-state index in [1.165, 1.54) is 24.3 Å². The number of carboxylic acid groups (broad SMARTS) is 1. The van der Waals surface area contributed by atoms with Gasteiger partial charge in [-0.2, -0.15) is 0 Å². The van der Waals surface area contributed by atoms with Gasteiger partial charge in [-0.25, -0.2) is 4.79 Å². The van der Waals surface area contributed by atoms with Crippen LogP contribution in [0.1, 0.15) is 26.3 Å². The Balaban J connectivity index is 2.29. The van der Waals surface area contributed by atoms with Crippen LogP contribution < -0.4 is 5.32 Å². The summed E-state index contributed by atoms with van der Waals surface area (Å²) in [5, 5.41) is 21.4. The Hall–Kier alpha value is -2.53. The SMILES string of the molecule is Cc1ccc(Cl)cc1C(=O)Nc1ccc(O)c(C(=O)O)c1. The van der Waals surface area contributed by atoms with E-state index in [-0.39, 0.29) is 17.0 Å². The topological polar surface area (TPSA) is 86.6 Å². The number of hydrogen-bond donors (Lipinski definition) is 3. The molecule has 5 nitrogen and oxygen atoms in total. The van der Waals surface area contributed by atoms with Crippen molar-refractivity contribution in [2.45, 2.75) is 6.92 Å². The molecule has 0 aromatic heterocycles. The van der Waals surface area contributed by atoms with Crippen LogP contribution in [-0.2, 0) is 0 Å². The minimum atomic E-state index is -1.28. The molecule has 0 aliphatic carbocycles. The molecule has 0 atom stereocenters. The van der Waals surface area contributed by atoms with Crippen molar-refractivity contribution in [3.8, 4) is 5.75 Å². The number of aryl methyl sites for hydroxylation is 1. The van der Waals surface area contributed by atoms with Gasteiger partial charge in [0.05, 0.1) is 0 Å². The molecule has 1 amide bonds. The highest BCUT2D eigenvalue weighted by molar-refractivity contribution is 6.31. The van der Waals surface area contributed by atoms with Crippen LogP contribution in [0.2, 0.25) is 5.02 Å². The average Bonchev–Trinajstić information content (AvgIpc) is 2.43. The molecule has 0 saturated carbocycles. The largest absolute Gasteiger partial charge is 0.507 e. The number of halogens is 1. The van der Waals surface area contributed by atoms with Crippen LogP contribution in [0, 0.1) is 6.92 Å². The fraction of sp³-hybridized carbons (Fsp3) is 0.0667. The maximum absolute atomic E-state index is 12.2. The number of carbonyl (C=O) groups excluding carboxylic acids is 1. The summed E-state index contributed by atoms with van der Waals surface area (Å²) in [5.74, 6) is -2.04. The van der Waals surface area contributed by atoms with E-state index in [2.05, 4.69) is 5.32 Å². The summed E-state index contributed by atoms with van der Waals surface area (Å²) in [6.45, 7) is 1.77. The van der Waals surface area contributed by atoms with Crippen molar-refractivity contribution in [1.82, 2.24) is 0 Å². The molecule has 0 unspecified atom stereocenters. The van der Waals surface area contributed by atoms with Crippen LogP contribution in [0.25, 0.3) is 0 Å². The predicted octanol–water partition coefficient (Wildman–Crippen LogP) is 3.30. The van der Waals surface area contributed by atoms with Gasteiger partial charge >= 0.3 is 5.97 Å². The smallest absolute Gasteiger partial charge is 0.339 e. The van der Waals surface area contributed by atoms with Crippen molar-refractivity contribution >= 4 is 29.2 Å². The lowest BCUT2D eigenvalue weighted by Gasteiger charge is -2.09. The van der Waals surface area contributed by atoms with E-state index >= 15 is 0 Å². The maximum Gasteiger partial charge on any atom is 0.339 e. The third-order valence-corrected chi connectivity index (χ3v) is 3.16. The van der Waals surface area contributed by atoms with E-state index < -0.39 is 11.9 Å². The molecule has 0 spiro atoms. The van der Waals surface area contributed by atoms with Crippen molar-refractivity contribution < 1.29 is 19.8 Å². The third kappa shape index (κ3) is 3.32. The van der Waals surface area contributed by atoms with Crippen LogP contribution in [0.4, 0.5) is 5.69 Å². The highest BCUT2D eigenvalue weighted by Crippen LogP contribution is 2.23. The Morgan fingerprint density at radius 2 is 1.81 bits per heavy atom. The molecule has 0 saturated heterocycles. The summed E-state index contributed by atoms with van der Waals surface area (Å²) in [4.78, 5) is 23.1. The molecule has 0 radical (unpaired) electrons. The van der Waals surface area contributed by atoms with Crippen molar-refractivity contribution in [3.63, 3.8) is 0 Å². The molecule has 3 N–H and O–H groups in total. The summed E-state index contributed by atoms with van der Waals surface area (Å²) in [6, 6.07) is 8.75. The molecule has 0 aliphatic rings. The highest BCUT2D eigenvalue weighted by atomic mass is 35.5. The number of hydrogen-bond acceptors (Lipinski definition) is 3. The average molecular weight is 306 g/mol. The second-order valence-corrected chi connectivity index (χ2v) is 4.89. The molecular formula is C15H12ClNO4. The van der Waals surface area contributed by atoms with Gasteiger partial charge in [-0.05, 0) is 42.8 Å². The van der Waals surface area contributed by atoms with Gasteiger partial charge in [0.15, 0.2) is 0 Å². The van der Waals surface area contributed by atoms with Crippen molar-refractivity contribution in [2.24, 2.45) is 0 Å². The van der Waals surface area contributed by atoms with Gasteiger partial charge in [0, 0.05) is 16.3 Å². The first-order chi connectivity index (χ1) is 9.88. The maximum atomic E-state index is 12.2. The number of carbonyl (C=O) groups is 2. The molecule has 21 heavy (non-hydrogen) atoms. The van der Waals surface area contributed by atoms with Crippen LogP contribution >= 0.6 is 11.6 Å². The Kier molecular flexibility index (Phi) is 4.14. The molecule has 2 aromatic rings.